The van der Waals surface area contributed by atoms with Gasteiger partial charge in [-0.15, -0.1) is 0 Å². The molecular formula is C16H23N3. The molecule has 1 saturated heterocycles. The van der Waals surface area contributed by atoms with E-state index >= 15 is 0 Å². The van der Waals surface area contributed by atoms with Crippen LogP contribution in [0.1, 0.15) is 44.1 Å². The maximum atomic E-state index is 4.40. The zero-order valence-electron chi connectivity index (χ0n) is 11.7. The van der Waals surface area contributed by atoms with Gasteiger partial charge in [-0.25, -0.2) is 4.98 Å². The van der Waals surface area contributed by atoms with Crippen molar-refractivity contribution in [2.24, 2.45) is 0 Å². The number of nitrogens with zero attached hydrogens (tertiary/aromatic N) is 2. The summed E-state index contributed by atoms with van der Waals surface area (Å²) < 4.78 is 0. The minimum Gasteiger partial charge on any atom is -0.346 e. The molecule has 3 nitrogen and oxygen atoms in total. The van der Waals surface area contributed by atoms with Crippen LogP contribution in [0.25, 0.3) is 11.0 Å². The first-order valence-electron chi connectivity index (χ1n) is 7.53. The third-order valence-corrected chi connectivity index (χ3v) is 4.26. The largest absolute Gasteiger partial charge is 0.346 e. The van der Waals surface area contributed by atoms with Gasteiger partial charge in [0.15, 0.2) is 0 Å². The standard InChI is InChI=1S/C16H23N3/c1-2-3-9-19-10-5-6-13(12-19)15-11-18-16-14(15)7-4-8-17-16/h4,7-8,11,13H,2-3,5-6,9-10,12H2,1H3,(H,17,18). The van der Waals surface area contributed by atoms with Gasteiger partial charge in [0, 0.05) is 24.3 Å². The highest BCUT2D eigenvalue weighted by atomic mass is 15.1. The Kier molecular flexibility index (Phi) is 3.83. The fraction of sp³-hybridized carbons (Fsp3) is 0.562. The van der Waals surface area contributed by atoms with E-state index in [0.29, 0.717) is 5.92 Å². The van der Waals surface area contributed by atoms with E-state index in [-0.39, 0.29) is 0 Å². The zero-order valence-corrected chi connectivity index (χ0v) is 11.7. The van der Waals surface area contributed by atoms with E-state index in [1.807, 2.05) is 12.3 Å². The number of piperidine rings is 1. The van der Waals surface area contributed by atoms with E-state index in [2.05, 4.69) is 34.1 Å². The van der Waals surface area contributed by atoms with Crippen molar-refractivity contribution in [3.05, 3.63) is 30.1 Å². The summed E-state index contributed by atoms with van der Waals surface area (Å²) >= 11 is 0. The first kappa shape index (κ1) is 12.7. The van der Waals surface area contributed by atoms with Crippen molar-refractivity contribution >= 4 is 11.0 Å². The normalized spacial score (nSPS) is 21.0. The molecule has 0 saturated carbocycles. The van der Waals surface area contributed by atoms with Crippen molar-refractivity contribution in [2.75, 3.05) is 19.6 Å². The number of unbranched alkanes of at least 4 members (excludes halogenated alkanes) is 1. The lowest BCUT2D eigenvalue weighted by Crippen LogP contribution is -2.34. The molecule has 0 bridgehead atoms. The molecular weight excluding hydrogens is 234 g/mol. The Bertz CT molecular complexity index is 532. The molecule has 3 heteroatoms. The predicted octanol–water partition coefficient (Wildman–Crippen LogP) is 3.54. The van der Waals surface area contributed by atoms with Gasteiger partial charge in [-0.2, -0.15) is 0 Å². The van der Waals surface area contributed by atoms with Crippen molar-refractivity contribution < 1.29 is 0 Å². The van der Waals surface area contributed by atoms with E-state index in [1.54, 1.807) is 0 Å². The van der Waals surface area contributed by atoms with Crippen molar-refractivity contribution in [2.45, 2.75) is 38.5 Å². The summed E-state index contributed by atoms with van der Waals surface area (Å²) in [6, 6.07) is 4.23. The molecule has 1 unspecified atom stereocenters. The number of rotatable bonds is 4. The SMILES string of the molecule is CCCCN1CCCC(c2c[nH]c3ncccc23)C1. The van der Waals surface area contributed by atoms with Gasteiger partial charge >= 0.3 is 0 Å². The second kappa shape index (κ2) is 5.74. The van der Waals surface area contributed by atoms with E-state index < -0.39 is 0 Å². The Hall–Kier alpha value is -1.35. The summed E-state index contributed by atoms with van der Waals surface area (Å²) in [6.45, 7) is 6.01. The van der Waals surface area contributed by atoms with Gasteiger partial charge in [-0.05, 0) is 56.0 Å². The van der Waals surface area contributed by atoms with Gasteiger partial charge in [0.1, 0.15) is 5.65 Å². The Morgan fingerprint density at radius 1 is 1.47 bits per heavy atom. The van der Waals surface area contributed by atoms with Crippen molar-refractivity contribution in [3.8, 4) is 0 Å². The van der Waals surface area contributed by atoms with Gasteiger partial charge in [-0.3, -0.25) is 0 Å². The summed E-state index contributed by atoms with van der Waals surface area (Å²) in [5.41, 5.74) is 2.49. The molecule has 1 fully saturated rings. The third kappa shape index (κ3) is 2.66. The molecule has 2 aromatic rings. The number of aromatic amines is 1. The van der Waals surface area contributed by atoms with E-state index in [1.165, 1.54) is 56.3 Å². The summed E-state index contributed by atoms with van der Waals surface area (Å²) in [4.78, 5) is 10.3. The first-order valence-corrected chi connectivity index (χ1v) is 7.53. The van der Waals surface area contributed by atoms with Crippen LogP contribution in [0, 0.1) is 0 Å². The number of H-pyrrole nitrogens is 1. The van der Waals surface area contributed by atoms with Crippen LogP contribution in [0.4, 0.5) is 0 Å². The number of hydrogen-bond acceptors (Lipinski definition) is 2. The molecule has 102 valence electrons. The summed E-state index contributed by atoms with van der Waals surface area (Å²) in [5.74, 6) is 0.670. The van der Waals surface area contributed by atoms with Crippen LogP contribution >= 0.6 is 0 Å². The van der Waals surface area contributed by atoms with Crippen LogP contribution in [-0.4, -0.2) is 34.5 Å². The Labute approximate surface area is 115 Å². The zero-order chi connectivity index (χ0) is 13.1. The lowest BCUT2D eigenvalue weighted by Gasteiger charge is -2.32. The lowest BCUT2D eigenvalue weighted by atomic mass is 9.90. The highest BCUT2D eigenvalue weighted by Crippen LogP contribution is 2.31. The maximum absolute atomic E-state index is 4.40. The minimum absolute atomic E-state index is 0.670. The summed E-state index contributed by atoms with van der Waals surface area (Å²) in [5, 5.41) is 1.31. The average Bonchev–Trinajstić information content (AvgIpc) is 2.89. The maximum Gasteiger partial charge on any atom is 0.137 e. The molecule has 0 aromatic carbocycles. The Balaban J connectivity index is 1.77. The third-order valence-electron chi connectivity index (χ3n) is 4.26. The second-order valence-corrected chi connectivity index (χ2v) is 5.64. The monoisotopic (exact) mass is 257 g/mol. The Morgan fingerprint density at radius 3 is 3.32 bits per heavy atom. The van der Waals surface area contributed by atoms with Crippen LogP contribution in [0.3, 0.4) is 0 Å². The number of fused-ring (bicyclic) bond motifs is 1. The topological polar surface area (TPSA) is 31.9 Å². The number of likely N-dealkylation sites (tertiary alicyclic amines) is 1. The molecule has 3 heterocycles. The molecule has 1 atom stereocenters. The summed E-state index contributed by atoms with van der Waals surface area (Å²) in [6.07, 6.45) is 9.27. The number of nitrogens with one attached hydrogen (secondary N) is 1. The highest BCUT2D eigenvalue weighted by Gasteiger charge is 2.23. The van der Waals surface area contributed by atoms with Gasteiger partial charge in [0.2, 0.25) is 0 Å². The molecule has 0 radical (unpaired) electrons. The lowest BCUT2D eigenvalue weighted by molar-refractivity contribution is 0.206. The minimum atomic E-state index is 0.670. The van der Waals surface area contributed by atoms with Crippen molar-refractivity contribution in [1.29, 1.82) is 0 Å². The molecule has 1 N–H and O–H groups in total. The molecule has 1 aliphatic heterocycles. The van der Waals surface area contributed by atoms with E-state index in [9.17, 15) is 0 Å². The van der Waals surface area contributed by atoms with Crippen LogP contribution in [-0.2, 0) is 0 Å². The molecule has 1 aliphatic rings. The van der Waals surface area contributed by atoms with Gasteiger partial charge < -0.3 is 9.88 Å². The van der Waals surface area contributed by atoms with Crippen molar-refractivity contribution in [1.82, 2.24) is 14.9 Å². The van der Waals surface area contributed by atoms with E-state index in [0.717, 1.165) is 5.65 Å². The predicted molar refractivity (Wildman–Crippen MR) is 79.4 cm³/mol. The molecule has 0 spiro atoms. The molecule has 0 amide bonds. The van der Waals surface area contributed by atoms with Crippen LogP contribution < -0.4 is 0 Å². The smallest absolute Gasteiger partial charge is 0.137 e. The van der Waals surface area contributed by atoms with Gasteiger partial charge in [0.25, 0.3) is 0 Å². The molecule has 0 aliphatic carbocycles. The first-order chi connectivity index (χ1) is 9.38. The van der Waals surface area contributed by atoms with Crippen LogP contribution in [0.15, 0.2) is 24.5 Å². The van der Waals surface area contributed by atoms with Gasteiger partial charge in [0.05, 0.1) is 0 Å². The number of pyridine rings is 1. The quantitative estimate of drug-likeness (QED) is 0.908. The van der Waals surface area contributed by atoms with Crippen LogP contribution in [0.2, 0.25) is 0 Å². The van der Waals surface area contributed by atoms with E-state index in [4.69, 9.17) is 0 Å². The van der Waals surface area contributed by atoms with Crippen LogP contribution in [0.5, 0.6) is 0 Å². The molecule has 2 aromatic heterocycles. The second-order valence-electron chi connectivity index (χ2n) is 5.64. The fourth-order valence-corrected chi connectivity index (χ4v) is 3.21. The number of aromatic nitrogens is 2. The highest BCUT2D eigenvalue weighted by molar-refractivity contribution is 5.80. The molecule has 3 rings (SSSR count). The molecule has 19 heavy (non-hydrogen) atoms. The Morgan fingerprint density at radius 2 is 2.42 bits per heavy atom. The van der Waals surface area contributed by atoms with Gasteiger partial charge in [-0.1, -0.05) is 13.3 Å². The van der Waals surface area contributed by atoms with Crippen molar-refractivity contribution in [3.63, 3.8) is 0 Å². The average molecular weight is 257 g/mol. The number of hydrogen-bond donors (Lipinski definition) is 1. The fourth-order valence-electron chi connectivity index (χ4n) is 3.21. The summed E-state index contributed by atoms with van der Waals surface area (Å²) in [7, 11) is 0.